The minimum atomic E-state index is -1.80. The monoisotopic (exact) mass is 756 g/mol. The third-order valence-electron chi connectivity index (χ3n) is 10.1. The number of carbonyl (C=O) groups is 3. The first kappa shape index (κ1) is 36.8. The summed E-state index contributed by atoms with van der Waals surface area (Å²) in [6, 6.07) is 13.1. The largest absolute Gasteiger partial charge is 0.460 e. The number of aliphatic hydroxyl groups excluding tert-OH is 1. The summed E-state index contributed by atoms with van der Waals surface area (Å²) in [4.78, 5) is 57.2. The average molecular weight is 757 g/mol. The van der Waals surface area contributed by atoms with E-state index in [9.17, 15) is 29.4 Å². The minimum Gasteiger partial charge on any atom is -0.460 e. The first-order chi connectivity index (χ1) is 25.6. The molecule has 7 rings (SSSR count). The molecule has 3 aliphatic rings. The van der Waals surface area contributed by atoms with Crippen LogP contribution in [0.15, 0.2) is 103 Å². The number of nitrogens with zero attached hydrogens (tertiary/aromatic N) is 3. The number of thiophene rings is 2. The van der Waals surface area contributed by atoms with Crippen LogP contribution in [0.4, 0.5) is 0 Å². The molecule has 4 heterocycles. The number of amides is 1. The maximum Gasteiger partial charge on any atom is 0.419 e. The molecule has 12 nitrogen and oxygen atoms in total. The molecule has 0 spiro atoms. The second kappa shape index (κ2) is 15.8. The molecule has 1 fully saturated rings. The van der Waals surface area contributed by atoms with Gasteiger partial charge in [0.05, 0.1) is 21.4 Å². The van der Waals surface area contributed by atoms with E-state index in [2.05, 4.69) is 22.3 Å². The van der Waals surface area contributed by atoms with Gasteiger partial charge in [-0.15, -0.1) is 22.7 Å². The number of hydrogen-bond donors (Lipinski definition) is 3. The Labute approximate surface area is 313 Å². The van der Waals surface area contributed by atoms with Crippen LogP contribution in [-0.2, 0) is 37.8 Å². The van der Waals surface area contributed by atoms with Crippen LogP contribution in [0.1, 0.15) is 47.4 Å². The quantitative estimate of drug-likeness (QED) is 0.125. The van der Waals surface area contributed by atoms with E-state index < -0.39 is 29.3 Å². The molecule has 4 aromatic rings. The highest BCUT2D eigenvalue weighted by molar-refractivity contribution is 7.12. The zero-order valence-corrected chi connectivity index (χ0v) is 30.7. The van der Waals surface area contributed by atoms with Gasteiger partial charge in [0, 0.05) is 37.3 Å². The lowest BCUT2D eigenvalue weighted by Gasteiger charge is -2.35. The van der Waals surface area contributed by atoms with Crippen LogP contribution in [0, 0.1) is 0 Å². The number of ketones is 1. The third kappa shape index (κ3) is 7.74. The van der Waals surface area contributed by atoms with Crippen molar-refractivity contribution < 1.29 is 33.8 Å². The van der Waals surface area contributed by atoms with E-state index in [-0.39, 0.29) is 24.1 Å². The highest BCUT2D eigenvalue weighted by Gasteiger charge is 2.45. The Morgan fingerprint density at radius 1 is 1.06 bits per heavy atom. The molecule has 2 aliphatic carbocycles. The van der Waals surface area contributed by atoms with Crippen molar-refractivity contribution in [2.75, 3.05) is 20.1 Å². The van der Waals surface area contributed by atoms with Gasteiger partial charge in [0.1, 0.15) is 11.8 Å². The molecule has 0 bridgehead atoms. The van der Waals surface area contributed by atoms with E-state index in [0.717, 1.165) is 31.4 Å². The molecule has 1 atom stereocenters. The Hall–Kier alpha value is -4.57. The van der Waals surface area contributed by atoms with Gasteiger partial charge in [-0.1, -0.05) is 24.3 Å². The second-order valence-corrected chi connectivity index (χ2v) is 15.4. The van der Waals surface area contributed by atoms with Crippen molar-refractivity contribution in [2.24, 2.45) is 4.99 Å². The summed E-state index contributed by atoms with van der Waals surface area (Å²) < 4.78 is 13.2. The molecular weight excluding hydrogens is 717 g/mol. The number of carbonyl (C=O) groups excluding carboxylic acids is 3. The lowest BCUT2D eigenvalue weighted by molar-refractivity contribution is -0.169. The lowest BCUT2D eigenvalue weighted by Crippen LogP contribution is -2.42. The number of ether oxygens (including phenoxy) is 1. The molecule has 1 aliphatic heterocycles. The van der Waals surface area contributed by atoms with Gasteiger partial charge in [0.25, 0.3) is 5.91 Å². The van der Waals surface area contributed by atoms with Crippen molar-refractivity contribution in [1.29, 1.82) is 0 Å². The van der Waals surface area contributed by atoms with E-state index in [4.69, 9.17) is 9.15 Å². The zero-order chi connectivity index (χ0) is 37.1. The van der Waals surface area contributed by atoms with Gasteiger partial charge in [-0.25, -0.2) is 14.6 Å². The third-order valence-corrected chi connectivity index (χ3v) is 12.0. The number of fused-ring (bicyclic) bond motifs is 2. The van der Waals surface area contributed by atoms with Crippen LogP contribution >= 0.6 is 22.7 Å². The standard InChI is InChI=1S/C39H40N4O8S2/c1-42(25-8-10-26(11-9-25)50-37(47)39(49,33-5-2-19-52-33)34-6-3-20-53-34)17-4-18-43-29-14-7-24(21-32(29)51-38(43)48)22-40-23-31(45)27-12-15-30(44)36-28(27)13-16-35(46)41-36/h2-3,5-7,12-16,19-21,25-26,31,40,45,49H,4,8-11,17-18,22-23H2,1H3/t25?,26?,31-/m0/s1. The molecule has 3 N–H and O–H groups in total. The molecule has 0 unspecified atom stereocenters. The van der Waals surface area contributed by atoms with E-state index >= 15 is 0 Å². The Balaban J connectivity index is 0.876. The van der Waals surface area contributed by atoms with Crippen LogP contribution in [-0.4, -0.2) is 81.4 Å². The lowest BCUT2D eigenvalue weighted by atomic mass is 9.89. The van der Waals surface area contributed by atoms with Gasteiger partial charge in [-0.2, -0.15) is 0 Å². The van der Waals surface area contributed by atoms with Gasteiger partial charge in [-0.05, 0) is 104 Å². The molecule has 0 radical (unpaired) electrons. The summed E-state index contributed by atoms with van der Waals surface area (Å²) in [5, 5.41) is 29.3. The van der Waals surface area contributed by atoms with Gasteiger partial charge < -0.3 is 29.6 Å². The number of hydrogen-bond acceptors (Lipinski definition) is 12. The first-order valence-electron chi connectivity index (χ1n) is 17.6. The Kier molecular flexibility index (Phi) is 11.0. The van der Waals surface area contributed by atoms with Crippen LogP contribution in [0.5, 0.6) is 0 Å². The van der Waals surface area contributed by atoms with E-state index in [1.807, 2.05) is 41.1 Å². The normalized spacial score (nSPS) is 19.6. The smallest absolute Gasteiger partial charge is 0.419 e. The van der Waals surface area contributed by atoms with E-state index in [0.29, 0.717) is 64.0 Å². The number of aryl methyl sites for hydroxylation is 1. The van der Waals surface area contributed by atoms with Gasteiger partial charge >= 0.3 is 11.7 Å². The highest BCUT2D eigenvalue weighted by atomic mass is 32.1. The minimum absolute atomic E-state index is 0.0450. The number of benzene rings is 1. The molecule has 1 amide bonds. The summed E-state index contributed by atoms with van der Waals surface area (Å²) >= 11 is 2.66. The van der Waals surface area contributed by atoms with Crippen LogP contribution in [0.2, 0.25) is 0 Å². The zero-order valence-electron chi connectivity index (χ0n) is 29.1. The highest BCUT2D eigenvalue weighted by Crippen LogP contribution is 2.38. The maximum atomic E-state index is 13.4. The number of allylic oxidation sites excluding steroid dienone is 3. The van der Waals surface area contributed by atoms with Gasteiger partial charge in [0.2, 0.25) is 11.4 Å². The fraction of sp³-hybridized carbons (Fsp3) is 0.359. The molecular formula is C39H40N4O8S2. The van der Waals surface area contributed by atoms with Crippen molar-refractivity contribution in [1.82, 2.24) is 14.8 Å². The predicted molar refractivity (Wildman–Crippen MR) is 202 cm³/mol. The summed E-state index contributed by atoms with van der Waals surface area (Å²) in [5.74, 6) is -1.92. The summed E-state index contributed by atoms with van der Waals surface area (Å²) in [5.41, 5.74) is 1.26. The van der Waals surface area contributed by atoms with Crippen LogP contribution in [0.25, 0.3) is 11.1 Å². The number of aromatic nitrogens is 1. The van der Waals surface area contributed by atoms with Gasteiger partial charge in [0.15, 0.2) is 5.58 Å². The topological polar surface area (TPSA) is 164 Å². The van der Waals surface area contributed by atoms with Crippen molar-refractivity contribution in [3.63, 3.8) is 0 Å². The van der Waals surface area contributed by atoms with Crippen molar-refractivity contribution in [3.8, 4) is 0 Å². The maximum absolute atomic E-state index is 13.4. The number of aliphatic hydroxyl groups is 2. The molecule has 3 aromatic heterocycles. The second-order valence-electron chi connectivity index (χ2n) is 13.5. The summed E-state index contributed by atoms with van der Waals surface area (Å²) in [6.07, 6.45) is 8.31. The molecule has 1 saturated carbocycles. The molecule has 53 heavy (non-hydrogen) atoms. The van der Waals surface area contributed by atoms with Crippen molar-refractivity contribution >= 4 is 57.1 Å². The van der Waals surface area contributed by atoms with Gasteiger partial charge in [-0.3, -0.25) is 14.2 Å². The van der Waals surface area contributed by atoms with Crippen LogP contribution in [0.3, 0.4) is 0 Å². The Morgan fingerprint density at radius 2 is 1.79 bits per heavy atom. The number of nitrogens with one attached hydrogen (secondary N) is 1. The summed E-state index contributed by atoms with van der Waals surface area (Å²) in [6.45, 7) is 1.86. The molecule has 276 valence electrons. The van der Waals surface area contributed by atoms with E-state index in [1.54, 1.807) is 22.8 Å². The number of esters is 1. The molecule has 1 aromatic carbocycles. The number of dihydropyridines is 1. The summed E-state index contributed by atoms with van der Waals surface area (Å²) in [7, 11) is 2.08. The fourth-order valence-corrected chi connectivity index (χ4v) is 8.89. The Morgan fingerprint density at radius 3 is 2.49 bits per heavy atom. The van der Waals surface area contributed by atoms with Crippen LogP contribution < -0.4 is 11.1 Å². The van der Waals surface area contributed by atoms with Crippen molar-refractivity contribution in [3.05, 3.63) is 115 Å². The fourth-order valence-electron chi connectivity index (χ4n) is 7.18. The number of oxazole rings is 1. The number of aliphatic imine (C=N–C) groups is 1. The van der Waals surface area contributed by atoms with Crippen molar-refractivity contribution in [2.45, 2.75) is 69.0 Å². The Bertz CT molecular complexity index is 2130. The number of rotatable bonds is 14. The SMILES string of the molecule is CN(CCCn1c(=O)oc2cc(CNC[C@H](O)C3=C4C=CC(=O)N=C4C(=O)C=C3)ccc21)C1CCC(OC(=O)C(O)(c2cccs2)c2cccs2)CC1. The van der Waals surface area contributed by atoms with E-state index in [1.165, 1.54) is 40.9 Å². The first-order valence-corrected chi connectivity index (χ1v) is 19.4. The predicted octanol–water partition coefficient (Wildman–Crippen LogP) is 4.25. The molecule has 14 heteroatoms. The average Bonchev–Trinajstić information content (AvgIpc) is 3.95. The molecule has 0 saturated heterocycles.